The largest absolute Gasteiger partial charge is 0.449 e. The highest BCUT2D eigenvalue weighted by molar-refractivity contribution is 6.30. The molecule has 0 N–H and O–H groups in total. The number of piperidine rings is 1. The lowest BCUT2D eigenvalue weighted by Gasteiger charge is -2.33. The summed E-state index contributed by atoms with van der Waals surface area (Å²) in [5, 5.41) is 4.83. The zero-order chi connectivity index (χ0) is 24.4. The number of nitrogens with zero attached hydrogens (tertiary/aromatic N) is 3. The first-order valence-electron chi connectivity index (χ1n) is 11.2. The van der Waals surface area contributed by atoms with Gasteiger partial charge in [-0.25, -0.2) is 8.78 Å². The minimum absolute atomic E-state index is 0.0348. The number of anilines is 1. The van der Waals surface area contributed by atoms with Crippen LogP contribution in [0.15, 0.2) is 89.9 Å². The van der Waals surface area contributed by atoms with Gasteiger partial charge in [-0.2, -0.15) is 9.78 Å². The number of hydrogen-bond acceptors (Lipinski definition) is 4. The third-order valence-electron chi connectivity index (χ3n) is 6.00. The number of rotatable bonds is 5. The molecular formula is C27H22ClF2N3O2. The Balaban J connectivity index is 1.52. The molecule has 178 valence electrons. The summed E-state index contributed by atoms with van der Waals surface area (Å²) in [6.45, 7) is 0.199. The van der Waals surface area contributed by atoms with Gasteiger partial charge in [0.2, 0.25) is 5.75 Å². The molecule has 4 aromatic rings. The number of hydrogen-bond donors (Lipinski definition) is 0. The van der Waals surface area contributed by atoms with E-state index in [2.05, 4.69) is 5.10 Å². The van der Waals surface area contributed by atoms with Gasteiger partial charge in [0, 0.05) is 31.0 Å². The molecule has 2 heterocycles. The Labute approximate surface area is 206 Å². The second-order valence-electron chi connectivity index (χ2n) is 8.39. The smallest absolute Gasteiger partial charge is 0.316 e. The molecule has 0 saturated carbocycles. The molecular weight excluding hydrogens is 472 g/mol. The summed E-state index contributed by atoms with van der Waals surface area (Å²) >= 11 is 5.98. The Hall–Kier alpha value is -3.71. The van der Waals surface area contributed by atoms with Crippen LogP contribution in [-0.2, 0) is 0 Å². The predicted molar refractivity (Wildman–Crippen MR) is 133 cm³/mol. The summed E-state index contributed by atoms with van der Waals surface area (Å²) < 4.78 is 34.8. The molecule has 0 aliphatic carbocycles. The molecule has 3 aromatic carbocycles. The molecule has 0 spiro atoms. The summed E-state index contributed by atoms with van der Waals surface area (Å²) in [6, 6.07) is 23.9. The van der Waals surface area contributed by atoms with Gasteiger partial charge < -0.3 is 9.64 Å². The lowest BCUT2D eigenvalue weighted by Crippen LogP contribution is -2.40. The van der Waals surface area contributed by atoms with E-state index in [9.17, 15) is 13.6 Å². The lowest BCUT2D eigenvalue weighted by atomic mass is 10.1. The van der Waals surface area contributed by atoms with E-state index in [1.807, 2.05) is 42.5 Å². The maximum absolute atomic E-state index is 13.8. The SMILES string of the molecule is O=c1c(Oc2ccc(-c3ccccc3)cc2)c(N2CCC(F)(F)CC2)cnn1-c1ccc(Cl)cc1. The number of ether oxygens (including phenoxy) is 1. The van der Waals surface area contributed by atoms with Gasteiger partial charge in [0.05, 0.1) is 11.9 Å². The first kappa shape index (κ1) is 23.1. The second kappa shape index (κ2) is 9.50. The van der Waals surface area contributed by atoms with Crippen LogP contribution in [0.25, 0.3) is 16.8 Å². The van der Waals surface area contributed by atoms with Crippen molar-refractivity contribution in [1.82, 2.24) is 9.78 Å². The molecule has 35 heavy (non-hydrogen) atoms. The fraction of sp³-hybridized carbons (Fsp3) is 0.185. The van der Waals surface area contributed by atoms with Crippen molar-refractivity contribution in [2.75, 3.05) is 18.0 Å². The van der Waals surface area contributed by atoms with Crippen molar-refractivity contribution < 1.29 is 13.5 Å². The highest BCUT2D eigenvalue weighted by Gasteiger charge is 2.35. The minimum Gasteiger partial charge on any atom is -0.449 e. The van der Waals surface area contributed by atoms with Crippen LogP contribution >= 0.6 is 11.6 Å². The van der Waals surface area contributed by atoms with E-state index in [0.29, 0.717) is 22.1 Å². The predicted octanol–water partition coefficient (Wildman–Crippen LogP) is 6.58. The van der Waals surface area contributed by atoms with Gasteiger partial charge in [-0.1, -0.05) is 54.1 Å². The Morgan fingerprint density at radius 1 is 0.857 bits per heavy atom. The average molecular weight is 494 g/mol. The van der Waals surface area contributed by atoms with Crippen molar-refractivity contribution in [2.24, 2.45) is 0 Å². The van der Waals surface area contributed by atoms with Gasteiger partial charge in [0.15, 0.2) is 0 Å². The van der Waals surface area contributed by atoms with Gasteiger partial charge in [0.1, 0.15) is 11.4 Å². The first-order valence-corrected chi connectivity index (χ1v) is 11.6. The molecule has 5 rings (SSSR count). The van der Waals surface area contributed by atoms with Crippen LogP contribution < -0.4 is 15.2 Å². The quantitative estimate of drug-likeness (QED) is 0.315. The molecule has 5 nitrogen and oxygen atoms in total. The third kappa shape index (κ3) is 5.05. The van der Waals surface area contributed by atoms with Crippen LogP contribution in [0, 0.1) is 0 Å². The maximum Gasteiger partial charge on any atom is 0.316 e. The number of aromatic nitrogens is 2. The minimum atomic E-state index is -2.71. The number of alkyl halides is 2. The Morgan fingerprint density at radius 2 is 1.49 bits per heavy atom. The maximum atomic E-state index is 13.8. The highest BCUT2D eigenvalue weighted by atomic mass is 35.5. The van der Waals surface area contributed by atoms with Crippen LogP contribution in [-0.4, -0.2) is 28.8 Å². The highest BCUT2D eigenvalue weighted by Crippen LogP contribution is 2.35. The van der Waals surface area contributed by atoms with E-state index in [-0.39, 0.29) is 31.7 Å². The molecule has 1 aliphatic rings. The molecule has 0 bridgehead atoms. The Morgan fingerprint density at radius 3 is 2.14 bits per heavy atom. The van der Waals surface area contributed by atoms with E-state index < -0.39 is 11.5 Å². The molecule has 1 aliphatic heterocycles. The molecule has 0 amide bonds. The Kier molecular flexibility index (Phi) is 6.26. The normalized spacial score (nSPS) is 15.1. The van der Waals surface area contributed by atoms with E-state index >= 15 is 0 Å². The van der Waals surface area contributed by atoms with Crippen LogP contribution in [0.4, 0.5) is 14.5 Å². The standard InChI is InChI=1S/C27H22ClF2N3O2/c28-21-8-10-22(11-9-21)33-26(34)25(24(18-31-33)32-16-14-27(29,30)15-17-32)35-23-12-6-20(7-13-23)19-4-2-1-3-5-19/h1-13,18H,14-17H2. The van der Waals surface area contributed by atoms with E-state index in [1.54, 1.807) is 41.3 Å². The number of benzene rings is 3. The third-order valence-corrected chi connectivity index (χ3v) is 6.25. The van der Waals surface area contributed by atoms with Gasteiger partial charge in [-0.15, -0.1) is 0 Å². The van der Waals surface area contributed by atoms with Crippen molar-refractivity contribution in [1.29, 1.82) is 0 Å². The molecule has 0 unspecified atom stereocenters. The van der Waals surface area contributed by atoms with Crippen molar-refractivity contribution in [3.8, 4) is 28.3 Å². The summed E-state index contributed by atoms with van der Waals surface area (Å²) in [4.78, 5) is 15.2. The van der Waals surface area contributed by atoms with Crippen LogP contribution in [0.3, 0.4) is 0 Å². The van der Waals surface area contributed by atoms with Gasteiger partial charge >= 0.3 is 5.56 Å². The number of halogens is 3. The average Bonchev–Trinajstić information content (AvgIpc) is 2.87. The van der Waals surface area contributed by atoms with E-state index in [4.69, 9.17) is 16.3 Å². The molecule has 8 heteroatoms. The molecule has 1 saturated heterocycles. The molecule has 0 atom stereocenters. The van der Waals surface area contributed by atoms with Crippen molar-refractivity contribution in [3.05, 3.63) is 100 Å². The zero-order valence-corrected chi connectivity index (χ0v) is 19.5. The van der Waals surface area contributed by atoms with Crippen molar-refractivity contribution in [3.63, 3.8) is 0 Å². The Bertz CT molecular complexity index is 1360. The topological polar surface area (TPSA) is 47.4 Å². The van der Waals surface area contributed by atoms with Gasteiger partial charge in [0.25, 0.3) is 5.92 Å². The van der Waals surface area contributed by atoms with Crippen LogP contribution in [0.2, 0.25) is 5.02 Å². The molecule has 0 radical (unpaired) electrons. The van der Waals surface area contributed by atoms with Crippen molar-refractivity contribution >= 4 is 17.3 Å². The summed E-state index contributed by atoms with van der Waals surface area (Å²) in [6.07, 6.45) is 0.907. The molecule has 1 fully saturated rings. The van der Waals surface area contributed by atoms with Crippen LogP contribution in [0.1, 0.15) is 12.8 Å². The summed E-state index contributed by atoms with van der Waals surface area (Å²) in [7, 11) is 0. The second-order valence-corrected chi connectivity index (χ2v) is 8.82. The first-order chi connectivity index (χ1) is 16.9. The fourth-order valence-electron chi connectivity index (χ4n) is 4.06. The lowest BCUT2D eigenvalue weighted by molar-refractivity contribution is -0.0221. The zero-order valence-electron chi connectivity index (χ0n) is 18.7. The summed E-state index contributed by atoms with van der Waals surface area (Å²) in [5.74, 6) is -2.22. The van der Waals surface area contributed by atoms with E-state index in [1.165, 1.54) is 10.9 Å². The van der Waals surface area contributed by atoms with Gasteiger partial charge in [-0.05, 0) is 47.5 Å². The molecule has 1 aromatic heterocycles. The van der Waals surface area contributed by atoms with Gasteiger partial charge in [-0.3, -0.25) is 4.79 Å². The fourth-order valence-corrected chi connectivity index (χ4v) is 4.18. The van der Waals surface area contributed by atoms with E-state index in [0.717, 1.165) is 11.1 Å². The summed E-state index contributed by atoms with van der Waals surface area (Å²) in [5.41, 5.74) is 2.48. The monoisotopic (exact) mass is 493 g/mol. The van der Waals surface area contributed by atoms with Crippen molar-refractivity contribution in [2.45, 2.75) is 18.8 Å². The van der Waals surface area contributed by atoms with Crippen LogP contribution in [0.5, 0.6) is 11.5 Å².